The average Bonchev–Trinajstić information content (AvgIpc) is 2.90. The van der Waals surface area contributed by atoms with Gasteiger partial charge in [0.2, 0.25) is 11.5 Å². The van der Waals surface area contributed by atoms with Crippen molar-refractivity contribution in [2.24, 2.45) is 0 Å². The quantitative estimate of drug-likeness (QED) is 0.418. The highest BCUT2D eigenvalue weighted by molar-refractivity contribution is 5.67. The van der Waals surface area contributed by atoms with Gasteiger partial charge in [0.15, 0.2) is 0 Å². The predicted molar refractivity (Wildman–Crippen MR) is 82.1 cm³/mol. The summed E-state index contributed by atoms with van der Waals surface area (Å²) in [5.74, 6) is -1.90. The van der Waals surface area contributed by atoms with Gasteiger partial charge in [-0.15, -0.1) is 5.10 Å². The normalized spacial score (nSPS) is 12.5. The Labute approximate surface area is 154 Å². The van der Waals surface area contributed by atoms with Crippen LogP contribution in [0.2, 0.25) is 0 Å². The lowest BCUT2D eigenvalue weighted by molar-refractivity contribution is -0.394. The Morgan fingerprint density at radius 2 is 1.48 bits per heavy atom. The van der Waals surface area contributed by atoms with Crippen molar-refractivity contribution in [3.05, 3.63) is 60.3 Å². The number of nitrogens with zero attached hydrogens (tertiary/aromatic N) is 5. The Morgan fingerprint density at radius 3 is 1.83 bits per heavy atom. The van der Waals surface area contributed by atoms with Gasteiger partial charge in [0.05, 0.1) is 15.4 Å². The van der Waals surface area contributed by atoms with E-state index in [1.165, 1.54) is 6.92 Å². The number of hydrogen-bond donors (Lipinski definition) is 0. The fourth-order valence-corrected chi connectivity index (χ4v) is 2.26. The molecule has 1 heterocycles. The molecule has 2 rings (SSSR count). The molecule has 0 atom stereocenters. The molecule has 0 saturated carbocycles. The molecule has 0 aliphatic rings. The van der Waals surface area contributed by atoms with Crippen LogP contribution in [-0.4, -0.2) is 24.2 Å². The maximum atomic E-state index is 13.1. The molecule has 0 N–H and O–H groups in total. The van der Waals surface area contributed by atoms with Crippen LogP contribution in [0, 0.1) is 20.2 Å². The minimum absolute atomic E-state index is 0.106. The van der Waals surface area contributed by atoms with Gasteiger partial charge in [0.1, 0.15) is 0 Å². The van der Waals surface area contributed by atoms with Crippen LogP contribution in [0.5, 0.6) is 0 Å². The minimum Gasteiger partial charge on any atom is -0.258 e. The van der Waals surface area contributed by atoms with Crippen LogP contribution in [-0.2, 0) is 12.4 Å². The number of benzene rings is 1. The van der Waals surface area contributed by atoms with Crippen molar-refractivity contribution in [3.63, 3.8) is 0 Å². The Hall–Kier alpha value is -3.72. The number of nitro groups is 2. The highest BCUT2D eigenvalue weighted by Crippen LogP contribution is 2.39. The SMILES string of the molecule is CC=Cn1c(C(F)(F)F)nn(-c2c([N+](=O)[O-])cc(C(F)(F)F)cc2[N+](=O)[O-])c1=O. The largest absolute Gasteiger partial charge is 0.452 e. The van der Waals surface area contributed by atoms with Crippen molar-refractivity contribution in [1.82, 2.24) is 14.3 Å². The van der Waals surface area contributed by atoms with E-state index in [4.69, 9.17) is 0 Å². The fraction of sp³-hybridized carbons (Fsp3) is 0.231. The third kappa shape index (κ3) is 3.94. The predicted octanol–water partition coefficient (Wildman–Crippen LogP) is 3.38. The van der Waals surface area contributed by atoms with Gasteiger partial charge in [-0.2, -0.15) is 31.0 Å². The number of nitro benzene ring substituents is 2. The monoisotopic (exact) mass is 427 g/mol. The zero-order chi connectivity index (χ0) is 22.3. The van der Waals surface area contributed by atoms with E-state index in [0.717, 1.165) is 6.08 Å². The van der Waals surface area contributed by atoms with Crippen LogP contribution in [0.25, 0.3) is 11.9 Å². The number of hydrogen-bond acceptors (Lipinski definition) is 6. The number of rotatable bonds is 4. The van der Waals surface area contributed by atoms with E-state index in [2.05, 4.69) is 5.10 Å². The van der Waals surface area contributed by atoms with Gasteiger partial charge in [-0.1, -0.05) is 6.08 Å². The molecular weight excluding hydrogens is 420 g/mol. The lowest BCUT2D eigenvalue weighted by Gasteiger charge is -2.09. The third-order valence-corrected chi connectivity index (χ3v) is 3.36. The van der Waals surface area contributed by atoms with E-state index >= 15 is 0 Å². The molecule has 0 aliphatic heterocycles. The second-order valence-corrected chi connectivity index (χ2v) is 5.24. The molecule has 0 radical (unpaired) electrons. The first-order valence-corrected chi connectivity index (χ1v) is 7.16. The molecule has 1 aromatic carbocycles. The summed E-state index contributed by atoms with van der Waals surface area (Å²) >= 11 is 0. The summed E-state index contributed by atoms with van der Waals surface area (Å²) in [6.45, 7) is 1.22. The van der Waals surface area contributed by atoms with Crippen LogP contribution < -0.4 is 5.69 Å². The third-order valence-electron chi connectivity index (χ3n) is 3.36. The summed E-state index contributed by atoms with van der Waals surface area (Å²) in [7, 11) is 0. The van der Waals surface area contributed by atoms with Crippen molar-refractivity contribution in [1.29, 1.82) is 0 Å². The van der Waals surface area contributed by atoms with E-state index in [9.17, 15) is 51.4 Å². The number of halogens is 6. The second kappa shape index (κ2) is 7.02. The van der Waals surface area contributed by atoms with Crippen LogP contribution in [0.1, 0.15) is 18.3 Å². The van der Waals surface area contributed by atoms with Crippen molar-refractivity contribution in [3.8, 4) is 5.69 Å². The van der Waals surface area contributed by atoms with Crippen molar-refractivity contribution >= 4 is 17.6 Å². The van der Waals surface area contributed by atoms with Gasteiger partial charge in [0.25, 0.3) is 0 Å². The number of aromatic nitrogens is 3. The Balaban J connectivity index is 3.04. The molecule has 10 nitrogen and oxygen atoms in total. The molecule has 0 saturated heterocycles. The Bertz CT molecular complexity index is 1050. The van der Waals surface area contributed by atoms with E-state index in [1.54, 1.807) is 0 Å². The summed E-state index contributed by atoms with van der Waals surface area (Å²) in [5.41, 5.74) is -8.25. The van der Waals surface area contributed by atoms with Crippen molar-refractivity contribution in [2.75, 3.05) is 0 Å². The van der Waals surface area contributed by atoms with E-state index in [-0.39, 0.29) is 21.4 Å². The number of allylic oxidation sites excluding steroid dienone is 1. The van der Waals surface area contributed by atoms with Crippen molar-refractivity contribution < 1.29 is 36.2 Å². The minimum atomic E-state index is -5.26. The van der Waals surface area contributed by atoms with Gasteiger partial charge in [0, 0.05) is 18.3 Å². The summed E-state index contributed by atoms with van der Waals surface area (Å²) in [4.78, 5) is 31.7. The lowest BCUT2D eigenvalue weighted by Crippen LogP contribution is -2.24. The summed E-state index contributed by atoms with van der Waals surface area (Å²) < 4.78 is 77.7. The summed E-state index contributed by atoms with van der Waals surface area (Å²) in [5, 5.41) is 25.3. The first kappa shape index (κ1) is 21.6. The Kier molecular flexibility index (Phi) is 5.23. The van der Waals surface area contributed by atoms with Gasteiger partial charge >= 0.3 is 29.4 Å². The molecule has 0 spiro atoms. The maximum Gasteiger partial charge on any atom is 0.452 e. The molecule has 0 aliphatic carbocycles. The molecule has 0 amide bonds. The maximum absolute atomic E-state index is 13.1. The molecule has 29 heavy (non-hydrogen) atoms. The van der Waals surface area contributed by atoms with E-state index in [0.29, 0.717) is 6.20 Å². The summed E-state index contributed by atoms with van der Waals surface area (Å²) in [6.07, 6.45) is -8.96. The van der Waals surface area contributed by atoms with Gasteiger partial charge in [-0.3, -0.25) is 20.2 Å². The molecule has 0 fully saturated rings. The first-order valence-electron chi connectivity index (χ1n) is 7.16. The first-order chi connectivity index (χ1) is 13.2. The Morgan fingerprint density at radius 1 is 1.00 bits per heavy atom. The molecule has 2 aromatic rings. The molecule has 156 valence electrons. The smallest absolute Gasteiger partial charge is 0.258 e. The van der Waals surface area contributed by atoms with Gasteiger partial charge in [-0.05, 0) is 6.92 Å². The van der Waals surface area contributed by atoms with Crippen LogP contribution in [0.4, 0.5) is 37.7 Å². The zero-order valence-electron chi connectivity index (χ0n) is 13.9. The average molecular weight is 427 g/mol. The van der Waals surface area contributed by atoms with Crippen LogP contribution >= 0.6 is 0 Å². The highest BCUT2D eigenvalue weighted by Gasteiger charge is 2.42. The molecule has 16 heteroatoms. The molecule has 1 aromatic heterocycles. The topological polar surface area (TPSA) is 126 Å². The second-order valence-electron chi connectivity index (χ2n) is 5.24. The molecule has 0 bridgehead atoms. The lowest BCUT2D eigenvalue weighted by atomic mass is 10.1. The van der Waals surface area contributed by atoms with Gasteiger partial charge in [-0.25, -0.2) is 9.36 Å². The molecular formula is C13H7F6N5O5. The molecule has 0 unspecified atom stereocenters. The zero-order valence-corrected chi connectivity index (χ0v) is 13.9. The van der Waals surface area contributed by atoms with Crippen LogP contribution in [0.3, 0.4) is 0 Å². The van der Waals surface area contributed by atoms with Crippen molar-refractivity contribution in [2.45, 2.75) is 19.3 Å². The van der Waals surface area contributed by atoms with E-state index in [1.807, 2.05) is 0 Å². The van der Waals surface area contributed by atoms with Crippen LogP contribution in [0.15, 0.2) is 23.0 Å². The van der Waals surface area contributed by atoms with Gasteiger partial charge < -0.3 is 0 Å². The fourth-order valence-electron chi connectivity index (χ4n) is 2.26. The van der Waals surface area contributed by atoms with E-state index < -0.39 is 56.3 Å². The highest BCUT2D eigenvalue weighted by atomic mass is 19.4. The summed E-state index contributed by atoms with van der Waals surface area (Å²) in [6, 6.07) is -0.284. The standard InChI is InChI=1S/C13H7F6N5O5/c1-2-3-21-10(13(17,18)19)20-22(11(21)25)9-7(23(26)27)4-6(12(14,15)16)5-8(9)24(28)29/h2-5H,1H3. The number of alkyl halides is 6.